The molecule has 0 unspecified atom stereocenters. The van der Waals surface area contributed by atoms with E-state index in [1.54, 1.807) is 0 Å². The molecular formula is C10H22OS. The van der Waals surface area contributed by atoms with Gasteiger partial charge in [0.15, 0.2) is 0 Å². The van der Waals surface area contributed by atoms with Crippen LogP contribution in [0.25, 0.3) is 0 Å². The first-order chi connectivity index (χ1) is 5.68. The molecule has 2 heteroatoms. The van der Waals surface area contributed by atoms with E-state index in [1.165, 1.54) is 18.6 Å². The monoisotopic (exact) mass is 190 g/mol. The Bertz CT molecular complexity index is 100. The van der Waals surface area contributed by atoms with Crippen LogP contribution in [0.2, 0.25) is 0 Å². The molecule has 0 saturated carbocycles. The van der Waals surface area contributed by atoms with Gasteiger partial charge in [-0.25, -0.2) is 0 Å². The molecule has 0 aromatic heterocycles. The zero-order valence-corrected chi connectivity index (χ0v) is 9.41. The van der Waals surface area contributed by atoms with Crippen LogP contribution < -0.4 is 0 Å². The van der Waals surface area contributed by atoms with Crippen molar-refractivity contribution in [3.63, 3.8) is 0 Å². The van der Waals surface area contributed by atoms with Gasteiger partial charge in [0.2, 0.25) is 0 Å². The molecule has 0 aliphatic rings. The van der Waals surface area contributed by atoms with E-state index in [4.69, 9.17) is 0 Å². The highest BCUT2D eigenvalue weighted by Gasteiger charge is 2.21. The van der Waals surface area contributed by atoms with E-state index >= 15 is 0 Å². The molecule has 0 aromatic rings. The van der Waals surface area contributed by atoms with Crippen LogP contribution in [0.4, 0.5) is 0 Å². The van der Waals surface area contributed by atoms with E-state index in [0.29, 0.717) is 0 Å². The van der Waals surface area contributed by atoms with Crippen molar-refractivity contribution in [1.82, 2.24) is 0 Å². The average Bonchev–Trinajstić information content (AvgIpc) is 2.12. The molecule has 0 amide bonds. The third-order valence-electron chi connectivity index (χ3n) is 2.33. The van der Waals surface area contributed by atoms with Gasteiger partial charge in [0.05, 0.1) is 5.60 Å². The lowest BCUT2D eigenvalue weighted by atomic mass is 10.0. The number of unbranched alkanes of at least 4 members (excludes halogenated alkanes) is 1. The van der Waals surface area contributed by atoms with Gasteiger partial charge < -0.3 is 5.11 Å². The summed E-state index contributed by atoms with van der Waals surface area (Å²) in [5.41, 5.74) is -0.404. The largest absolute Gasteiger partial charge is 0.389 e. The minimum atomic E-state index is -0.404. The topological polar surface area (TPSA) is 20.2 Å². The minimum Gasteiger partial charge on any atom is -0.389 e. The van der Waals surface area contributed by atoms with Crippen molar-refractivity contribution in [2.24, 2.45) is 0 Å². The second-order valence-corrected chi connectivity index (χ2v) is 4.44. The summed E-state index contributed by atoms with van der Waals surface area (Å²) in [6, 6.07) is 0. The van der Waals surface area contributed by atoms with Crippen LogP contribution in [0.5, 0.6) is 0 Å². The van der Waals surface area contributed by atoms with Crippen LogP contribution in [0.3, 0.4) is 0 Å². The second kappa shape index (κ2) is 6.79. The summed E-state index contributed by atoms with van der Waals surface area (Å²) in [6.45, 7) is 6.32. The van der Waals surface area contributed by atoms with Crippen molar-refractivity contribution in [1.29, 1.82) is 0 Å². The van der Waals surface area contributed by atoms with E-state index in [1.807, 2.05) is 11.8 Å². The zero-order valence-electron chi connectivity index (χ0n) is 8.60. The van der Waals surface area contributed by atoms with Crippen LogP contribution >= 0.6 is 11.8 Å². The first kappa shape index (κ1) is 12.3. The highest BCUT2D eigenvalue weighted by Crippen LogP contribution is 2.21. The maximum atomic E-state index is 9.91. The summed E-state index contributed by atoms with van der Waals surface area (Å²) < 4.78 is 0. The fourth-order valence-electron chi connectivity index (χ4n) is 0.963. The van der Waals surface area contributed by atoms with Crippen LogP contribution in [0.15, 0.2) is 0 Å². The van der Waals surface area contributed by atoms with Crippen molar-refractivity contribution in [3.05, 3.63) is 0 Å². The van der Waals surface area contributed by atoms with Crippen LogP contribution in [-0.4, -0.2) is 22.2 Å². The van der Waals surface area contributed by atoms with Crippen molar-refractivity contribution >= 4 is 11.8 Å². The quantitative estimate of drug-likeness (QED) is 0.623. The average molecular weight is 190 g/mol. The van der Waals surface area contributed by atoms with Gasteiger partial charge in [0.1, 0.15) is 0 Å². The lowest BCUT2D eigenvalue weighted by molar-refractivity contribution is 0.0572. The fourth-order valence-corrected chi connectivity index (χ4v) is 2.39. The Labute approximate surface area is 80.9 Å². The Morgan fingerprint density at radius 2 is 1.75 bits per heavy atom. The normalized spacial score (nSPS) is 12.0. The number of hydrogen-bond acceptors (Lipinski definition) is 2. The number of rotatable bonds is 7. The van der Waals surface area contributed by atoms with Crippen LogP contribution in [-0.2, 0) is 0 Å². The number of thioether (sulfide) groups is 1. The molecule has 1 nitrogen and oxygen atoms in total. The lowest BCUT2D eigenvalue weighted by Gasteiger charge is -2.24. The lowest BCUT2D eigenvalue weighted by Crippen LogP contribution is -2.29. The maximum Gasteiger partial charge on any atom is 0.0732 e. The Balaban J connectivity index is 3.45. The van der Waals surface area contributed by atoms with Gasteiger partial charge in [-0.05, 0) is 25.0 Å². The van der Waals surface area contributed by atoms with Gasteiger partial charge in [-0.15, -0.1) is 0 Å². The number of aliphatic hydroxyl groups is 1. The zero-order chi connectivity index (χ0) is 9.45. The van der Waals surface area contributed by atoms with Gasteiger partial charge >= 0.3 is 0 Å². The first-order valence-corrected chi connectivity index (χ1v) is 6.14. The molecule has 0 fully saturated rings. The molecule has 0 rings (SSSR count). The molecule has 74 valence electrons. The number of hydrogen-bond donors (Lipinski definition) is 1. The highest BCUT2D eigenvalue weighted by molar-refractivity contribution is 7.99. The Hall–Kier alpha value is 0.310. The molecule has 0 spiro atoms. The molecular weight excluding hydrogens is 168 g/mol. The van der Waals surface area contributed by atoms with E-state index in [9.17, 15) is 5.11 Å². The SMILES string of the molecule is CCCCSCC(O)(CC)CC. The van der Waals surface area contributed by atoms with Crippen molar-refractivity contribution in [2.45, 2.75) is 52.1 Å². The molecule has 1 N–H and O–H groups in total. The summed E-state index contributed by atoms with van der Waals surface area (Å²) in [6.07, 6.45) is 4.28. The van der Waals surface area contributed by atoms with E-state index in [2.05, 4.69) is 20.8 Å². The molecule has 0 aliphatic carbocycles. The fraction of sp³-hybridized carbons (Fsp3) is 1.00. The standard InChI is InChI=1S/C10H22OS/c1-4-7-8-12-9-10(11,5-2)6-3/h11H,4-9H2,1-3H3. The van der Waals surface area contributed by atoms with E-state index < -0.39 is 5.60 Å². The minimum absolute atomic E-state index is 0.404. The molecule has 0 atom stereocenters. The Morgan fingerprint density at radius 1 is 1.17 bits per heavy atom. The summed E-state index contributed by atoms with van der Waals surface area (Å²) in [7, 11) is 0. The second-order valence-electron chi connectivity index (χ2n) is 3.34. The Kier molecular flexibility index (Phi) is 6.96. The molecule has 0 bridgehead atoms. The molecule has 0 radical (unpaired) electrons. The van der Waals surface area contributed by atoms with Crippen molar-refractivity contribution < 1.29 is 5.11 Å². The summed E-state index contributed by atoms with van der Waals surface area (Å²) in [5, 5.41) is 9.91. The predicted molar refractivity (Wildman–Crippen MR) is 57.8 cm³/mol. The summed E-state index contributed by atoms with van der Waals surface area (Å²) >= 11 is 1.88. The molecule has 0 aromatic carbocycles. The van der Waals surface area contributed by atoms with Crippen molar-refractivity contribution in [2.75, 3.05) is 11.5 Å². The molecule has 0 aliphatic heterocycles. The van der Waals surface area contributed by atoms with Gasteiger partial charge in [0.25, 0.3) is 0 Å². The van der Waals surface area contributed by atoms with Crippen LogP contribution in [0, 0.1) is 0 Å². The summed E-state index contributed by atoms with van der Waals surface area (Å²) in [4.78, 5) is 0. The molecule has 0 saturated heterocycles. The smallest absolute Gasteiger partial charge is 0.0732 e. The predicted octanol–water partition coefficient (Wildman–Crippen LogP) is 3.07. The molecule has 0 heterocycles. The van der Waals surface area contributed by atoms with Gasteiger partial charge in [-0.3, -0.25) is 0 Å². The van der Waals surface area contributed by atoms with Gasteiger partial charge in [-0.1, -0.05) is 27.2 Å². The highest BCUT2D eigenvalue weighted by atomic mass is 32.2. The van der Waals surface area contributed by atoms with Crippen LogP contribution in [0.1, 0.15) is 46.5 Å². The third kappa shape index (κ3) is 5.04. The maximum absolute atomic E-state index is 9.91. The Morgan fingerprint density at radius 3 is 2.17 bits per heavy atom. The van der Waals surface area contributed by atoms with Gasteiger partial charge in [-0.2, -0.15) is 11.8 Å². The summed E-state index contributed by atoms with van der Waals surface area (Å²) in [5.74, 6) is 2.10. The van der Waals surface area contributed by atoms with E-state index in [-0.39, 0.29) is 0 Å². The van der Waals surface area contributed by atoms with Gasteiger partial charge in [0, 0.05) is 5.75 Å². The van der Waals surface area contributed by atoms with E-state index in [0.717, 1.165) is 18.6 Å². The molecule has 12 heavy (non-hydrogen) atoms. The first-order valence-electron chi connectivity index (χ1n) is 4.98. The third-order valence-corrected chi connectivity index (χ3v) is 3.65. The van der Waals surface area contributed by atoms with Crippen molar-refractivity contribution in [3.8, 4) is 0 Å².